The number of hydrogen-bond donors (Lipinski definition) is 2. The fourth-order valence-electron chi connectivity index (χ4n) is 1.39. The van der Waals surface area contributed by atoms with Gasteiger partial charge in [0.25, 0.3) is 0 Å². The molecule has 18 heavy (non-hydrogen) atoms. The van der Waals surface area contributed by atoms with E-state index in [4.69, 9.17) is 5.73 Å². The number of rotatable bonds is 5. The van der Waals surface area contributed by atoms with Gasteiger partial charge >= 0.3 is 0 Å². The summed E-state index contributed by atoms with van der Waals surface area (Å²) in [6.45, 7) is 4.98. The summed E-state index contributed by atoms with van der Waals surface area (Å²) in [5.41, 5.74) is 7.07. The van der Waals surface area contributed by atoms with E-state index in [9.17, 15) is 8.42 Å². The fraction of sp³-hybridized carbons (Fsp3) is 0.500. The average molecular weight is 271 g/mol. The molecule has 0 radical (unpaired) electrons. The molecule has 3 N–H and O–H groups in total. The number of nitrogens with zero attached hydrogens (tertiary/aromatic N) is 1. The summed E-state index contributed by atoms with van der Waals surface area (Å²) in [5, 5.41) is 3.19. The van der Waals surface area contributed by atoms with Crippen molar-refractivity contribution in [3.63, 3.8) is 0 Å². The quantitative estimate of drug-likeness (QED) is 0.797. The van der Waals surface area contributed by atoms with Crippen molar-refractivity contribution in [1.29, 1.82) is 0 Å². The Morgan fingerprint density at radius 1 is 1.33 bits per heavy atom. The predicted octanol–water partition coefficient (Wildman–Crippen LogP) is 1.59. The largest absolute Gasteiger partial charge is 0.397 e. The van der Waals surface area contributed by atoms with Crippen molar-refractivity contribution in [2.75, 3.05) is 31.7 Å². The highest BCUT2D eigenvalue weighted by Gasteiger charge is 2.17. The third-order valence-electron chi connectivity index (χ3n) is 2.50. The topological polar surface area (TPSA) is 75.4 Å². The lowest BCUT2D eigenvalue weighted by Gasteiger charge is -2.15. The van der Waals surface area contributed by atoms with Crippen LogP contribution in [0.1, 0.15) is 13.8 Å². The van der Waals surface area contributed by atoms with E-state index >= 15 is 0 Å². The number of anilines is 2. The first-order chi connectivity index (χ1) is 8.25. The second-order valence-corrected chi connectivity index (χ2v) is 6.96. The van der Waals surface area contributed by atoms with Crippen molar-refractivity contribution in [2.45, 2.75) is 18.7 Å². The monoisotopic (exact) mass is 271 g/mol. The lowest BCUT2D eigenvalue weighted by atomic mass is 10.2. The zero-order valence-electron chi connectivity index (χ0n) is 11.3. The number of sulfonamides is 1. The summed E-state index contributed by atoms with van der Waals surface area (Å²) >= 11 is 0. The molecule has 0 unspecified atom stereocenters. The summed E-state index contributed by atoms with van der Waals surface area (Å²) in [6, 6.07) is 4.75. The van der Waals surface area contributed by atoms with Gasteiger partial charge in [0.2, 0.25) is 10.0 Å². The van der Waals surface area contributed by atoms with E-state index in [2.05, 4.69) is 19.2 Å². The fourth-order valence-corrected chi connectivity index (χ4v) is 2.32. The molecule has 0 spiro atoms. The average Bonchev–Trinajstić information content (AvgIpc) is 2.26. The number of nitrogens with one attached hydrogen (secondary N) is 1. The predicted molar refractivity (Wildman–Crippen MR) is 75.1 cm³/mol. The van der Waals surface area contributed by atoms with E-state index in [-0.39, 0.29) is 4.90 Å². The minimum Gasteiger partial charge on any atom is -0.397 e. The molecule has 0 saturated carbocycles. The van der Waals surface area contributed by atoms with Crippen molar-refractivity contribution in [2.24, 2.45) is 5.92 Å². The maximum Gasteiger partial charge on any atom is 0.242 e. The van der Waals surface area contributed by atoms with Crippen LogP contribution in [0.4, 0.5) is 11.4 Å². The second-order valence-electron chi connectivity index (χ2n) is 4.81. The molecular formula is C12H21N3O2S. The van der Waals surface area contributed by atoms with Crippen molar-refractivity contribution in [1.82, 2.24) is 4.31 Å². The van der Waals surface area contributed by atoms with Gasteiger partial charge in [0, 0.05) is 20.6 Å². The van der Waals surface area contributed by atoms with Crippen LogP contribution in [-0.4, -0.2) is 33.4 Å². The van der Waals surface area contributed by atoms with Gasteiger partial charge in [-0.15, -0.1) is 0 Å². The van der Waals surface area contributed by atoms with Crippen LogP contribution in [0.15, 0.2) is 23.1 Å². The second kappa shape index (κ2) is 5.58. The maximum absolute atomic E-state index is 11.9. The highest BCUT2D eigenvalue weighted by molar-refractivity contribution is 7.89. The number of benzene rings is 1. The summed E-state index contributed by atoms with van der Waals surface area (Å²) in [4.78, 5) is 0.208. The molecule has 102 valence electrons. The van der Waals surface area contributed by atoms with E-state index < -0.39 is 10.0 Å². The Balaban J connectivity index is 3.00. The summed E-state index contributed by atoms with van der Waals surface area (Å²) < 4.78 is 25.0. The van der Waals surface area contributed by atoms with Crippen LogP contribution >= 0.6 is 0 Å². The Bertz CT molecular complexity index is 510. The molecule has 0 aliphatic carbocycles. The number of hydrogen-bond acceptors (Lipinski definition) is 4. The Hall–Kier alpha value is -1.27. The van der Waals surface area contributed by atoms with Crippen molar-refractivity contribution in [3.8, 4) is 0 Å². The lowest BCUT2D eigenvalue weighted by molar-refractivity contribution is 0.521. The summed E-state index contributed by atoms with van der Waals surface area (Å²) in [6.07, 6.45) is 0. The van der Waals surface area contributed by atoms with Gasteiger partial charge in [-0.25, -0.2) is 12.7 Å². The first kappa shape index (κ1) is 14.8. The van der Waals surface area contributed by atoms with E-state index in [1.807, 2.05) is 0 Å². The van der Waals surface area contributed by atoms with E-state index in [1.54, 1.807) is 12.1 Å². The summed E-state index contributed by atoms with van der Waals surface area (Å²) in [7, 11) is -0.429. The third kappa shape index (κ3) is 3.36. The highest BCUT2D eigenvalue weighted by Crippen LogP contribution is 2.24. The van der Waals surface area contributed by atoms with Crippen LogP contribution in [0, 0.1) is 5.92 Å². The third-order valence-corrected chi connectivity index (χ3v) is 4.31. The van der Waals surface area contributed by atoms with Gasteiger partial charge in [0.1, 0.15) is 0 Å². The first-order valence-corrected chi connectivity index (χ1v) is 7.25. The minimum atomic E-state index is -3.42. The molecule has 0 aliphatic rings. The van der Waals surface area contributed by atoms with Gasteiger partial charge in [-0.05, 0) is 24.1 Å². The lowest BCUT2D eigenvalue weighted by Crippen LogP contribution is -2.22. The molecular weight excluding hydrogens is 250 g/mol. The van der Waals surface area contributed by atoms with Crippen LogP contribution in [0.2, 0.25) is 0 Å². The van der Waals surface area contributed by atoms with Crippen molar-refractivity contribution >= 4 is 21.4 Å². The van der Waals surface area contributed by atoms with E-state index in [0.29, 0.717) is 11.6 Å². The molecule has 1 aromatic rings. The Morgan fingerprint density at radius 3 is 2.39 bits per heavy atom. The minimum absolute atomic E-state index is 0.208. The molecule has 0 aliphatic heterocycles. The van der Waals surface area contributed by atoms with Crippen LogP contribution in [-0.2, 0) is 10.0 Å². The molecule has 0 saturated heterocycles. The first-order valence-electron chi connectivity index (χ1n) is 5.81. The molecule has 0 aromatic heterocycles. The Kier molecular flexibility index (Phi) is 4.59. The molecule has 6 heteroatoms. The Labute approximate surface area is 109 Å². The van der Waals surface area contributed by atoms with Gasteiger partial charge in [0.05, 0.1) is 16.3 Å². The van der Waals surface area contributed by atoms with Gasteiger partial charge in [-0.3, -0.25) is 0 Å². The van der Waals surface area contributed by atoms with Gasteiger partial charge in [0.15, 0.2) is 0 Å². The normalized spacial score (nSPS) is 12.1. The molecule has 0 heterocycles. The van der Waals surface area contributed by atoms with E-state index in [1.165, 1.54) is 24.5 Å². The van der Waals surface area contributed by atoms with Gasteiger partial charge in [-0.2, -0.15) is 0 Å². The Morgan fingerprint density at radius 2 is 1.94 bits per heavy atom. The molecule has 1 aromatic carbocycles. The van der Waals surface area contributed by atoms with Gasteiger partial charge in [-0.1, -0.05) is 13.8 Å². The van der Waals surface area contributed by atoms with Crippen molar-refractivity contribution < 1.29 is 8.42 Å². The molecule has 0 atom stereocenters. The molecule has 0 fully saturated rings. The molecule has 1 rings (SSSR count). The van der Waals surface area contributed by atoms with Crippen LogP contribution in [0.25, 0.3) is 0 Å². The molecule has 0 amide bonds. The van der Waals surface area contributed by atoms with Crippen LogP contribution in [0.5, 0.6) is 0 Å². The summed E-state index contributed by atoms with van der Waals surface area (Å²) in [5.74, 6) is 0.495. The maximum atomic E-state index is 11.9. The van der Waals surface area contributed by atoms with Crippen LogP contribution < -0.4 is 11.1 Å². The highest BCUT2D eigenvalue weighted by atomic mass is 32.2. The van der Waals surface area contributed by atoms with Crippen LogP contribution in [0.3, 0.4) is 0 Å². The molecule has 0 bridgehead atoms. The number of nitrogens with two attached hydrogens (primary N) is 1. The number of nitrogen functional groups attached to an aromatic ring is 1. The SMILES string of the molecule is CC(C)CNc1ccc(S(=O)(=O)N(C)C)cc1N. The zero-order valence-corrected chi connectivity index (χ0v) is 12.1. The zero-order chi connectivity index (χ0) is 13.9. The van der Waals surface area contributed by atoms with Crippen molar-refractivity contribution in [3.05, 3.63) is 18.2 Å². The smallest absolute Gasteiger partial charge is 0.242 e. The van der Waals surface area contributed by atoms with Gasteiger partial charge < -0.3 is 11.1 Å². The van der Waals surface area contributed by atoms with E-state index in [0.717, 1.165) is 12.2 Å². The standard InChI is InChI=1S/C12H21N3O2S/c1-9(2)8-14-12-6-5-10(7-11(12)13)18(16,17)15(3)4/h5-7,9,14H,8,13H2,1-4H3. The molecule has 5 nitrogen and oxygen atoms in total.